The topological polar surface area (TPSA) is 61.4 Å². The second kappa shape index (κ2) is 9.09. The van der Waals surface area contributed by atoms with Crippen molar-refractivity contribution in [3.8, 4) is 22.7 Å². The van der Waals surface area contributed by atoms with Crippen molar-refractivity contribution in [1.29, 1.82) is 0 Å². The van der Waals surface area contributed by atoms with E-state index in [-0.39, 0.29) is 5.56 Å². The molecule has 0 atom stereocenters. The molecule has 36 heavy (non-hydrogen) atoms. The van der Waals surface area contributed by atoms with E-state index in [9.17, 15) is 4.79 Å². The lowest BCUT2D eigenvalue weighted by Crippen LogP contribution is -2.22. The van der Waals surface area contributed by atoms with E-state index in [2.05, 4.69) is 18.0 Å². The van der Waals surface area contributed by atoms with Crippen LogP contribution in [0, 0.1) is 6.92 Å². The first-order valence-corrected chi connectivity index (χ1v) is 12.7. The Labute approximate surface area is 211 Å². The molecule has 3 aromatic heterocycles. The Bertz CT molecular complexity index is 1820. The number of fused-ring (bicyclic) bond motifs is 3. The van der Waals surface area contributed by atoms with Gasteiger partial charge in [-0.05, 0) is 67.4 Å². The van der Waals surface area contributed by atoms with Crippen molar-refractivity contribution in [1.82, 2.24) is 19.2 Å². The monoisotopic (exact) mass is 492 g/mol. The van der Waals surface area contributed by atoms with Crippen LogP contribution in [0.15, 0.2) is 83.8 Å². The van der Waals surface area contributed by atoms with Crippen molar-refractivity contribution in [2.24, 2.45) is 0 Å². The van der Waals surface area contributed by atoms with Gasteiger partial charge in [-0.1, -0.05) is 48.6 Å². The maximum atomic E-state index is 13.4. The van der Waals surface area contributed by atoms with E-state index >= 15 is 0 Å². The molecule has 0 aliphatic carbocycles. The lowest BCUT2D eigenvalue weighted by atomic mass is 10.0. The number of benzene rings is 3. The Balaban J connectivity index is 1.52. The fourth-order valence-electron chi connectivity index (χ4n) is 4.35. The molecular formula is C29H24N4O2S. The molecule has 6 rings (SSSR count). The molecule has 0 unspecified atom stereocenters. The zero-order chi connectivity index (χ0) is 24.6. The van der Waals surface area contributed by atoms with Crippen molar-refractivity contribution in [3.05, 3.63) is 105 Å². The average molecular weight is 493 g/mol. The van der Waals surface area contributed by atoms with Crippen LogP contribution < -0.4 is 14.8 Å². The second-order valence-corrected chi connectivity index (χ2v) is 9.69. The molecule has 6 nitrogen and oxygen atoms in total. The standard InChI is InChI=1S/C29H24N4O2S/c1-3-15-35-25-14-13-20(16-19(25)2)27-21(18-32(31-27)22-9-5-4-6-10-22)17-26-28(34)33-24-12-8-7-11-23(24)30-29(33)36-26/h4-14,16-18H,3,15H2,1-2H3/b26-17-. The van der Waals surface area contributed by atoms with E-state index in [1.54, 1.807) is 4.40 Å². The summed E-state index contributed by atoms with van der Waals surface area (Å²) in [5, 5.41) is 4.93. The third kappa shape index (κ3) is 3.87. The van der Waals surface area contributed by atoms with Gasteiger partial charge >= 0.3 is 0 Å². The third-order valence-electron chi connectivity index (χ3n) is 6.11. The van der Waals surface area contributed by atoms with Crippen molar-refractivity contribution in [3.63, 3.8) is 0 Å². The van der Waals surface area contributed by atoms with Gasteiger partial charge in [-0.3, -0.25) is 4.79 Å². The van der Waals surface area contributed by atoms with Crippen molar-refractivity contribution in [2.45, 2.75) is 20.3 Å². The molecule has 178 valence electrons. The summed E-state index contributed by atoms with van der Waals surface area (Å²) < 4.78 is 10.0. The number of hydrogen-bond donors (Lipinski definition) is 0. The van der Waals surface area contributed by atoms with Crippen LogP contribution in [0.4, 0.5) is 0 Å². The highest BCUT2D eigenvalue weighted by Crippen LogP contribution is 2.29. The van der Waals surface area contributed by atoms with Crippen LogP contribution >= 0.6 is 11.3 Å². The molecular weight excluding hydrogens is 468 g/mol. The smallest absolute Gasteiger partial charge is 0.274 e. The first kappa shape index (κ1) is 22.2. The third-order valence-corrected chi connectivity index (χ3v) is 7.07. The SMILES string of the molecule is CCCOc1ccc(-c2nn(-c3ccccc3)cc2/C=c2\sc3nc4ccccc4n3c2=O)cc1C. The fraction of sp³-hybridized carbons (Fsp3) is 0.138. The van der Waals surface area contributed by atoms with E-state index in [4.69, 9.17) is 9.84 Å². The van der Waals surface area contributed by atoms with Crippen molar-refractivity contribution < 1.29 is 4.74 Å². The molecule has 0 bridgehead atoms. The molecule has 6 aromatic rings. The van der Waals surface area contributed by atoms with Crippen LogP contribution in [0.1, 0.15) is 24.5 Å². The van der Waals surface area contributed by atoms with Crippen LogP contribution in [0.5, 0.6) is 5.75 Å². The molecule has 0 aliphatic rings. The number of hydrogen-bond acceptors (Lipinski definition) is 5. The Morgan fingerprint density at radius 1 is 1.03 bits per heavy atom. The highest BCUT2D eigenvalue weighted by atomic mass is 32.1. The van der Waals surface area contributed by atoms with Gasteiger partial charge in [-0.15, -0.1) is 0 Å². The highest BCUT2D eigenvalue weighted by molar-refractivity contribution is 7.15. The lowest BCUT2D eigenvalue weighted by Gasteiger charge is -2.09. The summed E-state index contributed by atoms with van der Waals surface area (Å²) in [6.45, 7) is 4.82. The number of para-hydroxylation sites is 3. The fourth-order valence-corrected chi connectivity index (χ4v) is 5.33. The number of thiazole rings is 1. The summed E-state index contributed by atoms with van der Waals surface area (Å²) in [6.07, 6.45) is 4.86. The van der Waals surface area contributed by atoms with Crippen LogP contribution in [-0.2, 0) is 0 Å². The Hall–Kier alpha value is -4.23. The number of rotatable bonds is 6. The zero-order valence-electron chi connectivity index (χ0n) is 20.0. The Morgan fingerprint density at radius 3 is 2.64 bits per heavy atom. The van der Waals surface area contributed by atoms with Gasteiger partial charge < -0.3 is 4.74 Å². The lowest BCUT2D eigenvalue weighted by molar-refractivity contribution is 0.315. The van der Waals surface area contributed by atoms with Gasteiger partial charge in [-0.25, -0.2) is 14.1 Å². The Morgan fingerprint density at radius 2 is 1.83 bits per heavy atom. The summed E-state index contributed by atoms with van der Waals surface area (Å²) in [4.78, 5) is 18.7. The number of aromatic nitrogens is 4. The summed E-state index contributed by atoms with van der Waals surface area (Å²) in [7, 11) is 0. The molecule has 0 saturated carbocycles. The minimum atomic E-state index is -0.0680. The van der Waals surface area contributed by atoms with Gasteiger partial charge in [0.25, 0.3) is 5.56 Å². The summed E-state index contributed by atoms with van der Waals surface area (Å²) >= 11 is 1.39. The number of aryl methyl sites for hydroxylation is 1. The van der Waals surface area contributed by atoms with Gasteiger partial charge in [0.15, 0.2) is 4.96 Å². The summed E-state index contributed by atoms with van der Waals surface area (Å²) in [5.74, 6) is 0.877. The first-order chi connectivity index (χ1) is 17.6. The highest BCUT2D eigenvalue weighted by Gasteiger charge is 2.15. The molecule has 7 heteroatoms. The second-order valence-electron chi connectivity index (χ2n) is 8.68. The molecule has 0 amide bonds. The maximum absolute atomic E-state index is 13.4. The number of nitrogens with zero attached hydrogens (tertiary/aromatic N) is 4. The van der Waals surface area contributed by atoms with Gasteiger partial charge in [0.2, 0.25) is 0 Å². The van der Waals surface area contributed by atoms with Gasteiger partial charge in [-0.2, -0.15) is 5.10 Å². The average Bonchev–Trinajstić information content (AvgIpc) is 3.57. The van der Waals surface area contributed by atoms with E-state index in [0.29, 0.717) is 16.1 Å². The predicted molar refractivity (Wildman–Crippen MR) is 145 cm³/mol. The van der Waals surface area contributed by atoms with Crippen molar-refractivity contribution in [2.75, 3.05) is 6.61 Å². The van der Waals surface area contributed by atoms with E-state index in [0.717, 1.165) is 51.3 Å². The molecule has 0 fully saturated rings. The van der Waals surface area contributed by atoms with Crippen LogP contribution in [0.2, 0.25) is 0 Å². The zero-order valence-corrected chi connectivity index (χ0v) is 20.8. The quantitative estimate of drug-likeness (QED) is 0.312. The van der Waals surface area contributed by atoms with Crippen LogP contribution in [0.25, 0.3) is 39.0 Å². The molecule has 0 aliphatic heterocycles. The predicted octanol–water partition coefficient (Wildman–Crippen LogP) is 5.41. The number of ether oxygens (including phenoxy) is 1. The molecule has 0 N–H and O–H groups in total. The molecule has 0 saturated heterocycles. The van der Waals surface area contributed by atoms with E-state index in [1.165, 1.54) is 11.3 Å². The van der Waals surface area contributed by atoms with Crippen LogP contribution in [0.3, 0.4) is 0 Å². The van der Waals surface area contributed by atoms with Crippen molar-refractivity contribution >= 4 is 33.4 Å². The van der Waals surface area contributed by atoms with Crippen LogP contribution in [-0.4, -0.2) is 25.8 Å². The van der Waals surface area contributed by atoms with Gasteiger partial charge in [0, 0.05) is 17.3 Å². The normalized spacial score (nSPS) is 12.1. The molecule has 3 heterocycles. The van der Waals surface area contributed by atoms with E-state index in [1.807, 2.05) is 90.6 Å². The Kier molecular flexibility index (Phi) is 5.62. The minimum absolute atomic E-state index is 0.0680. The summed E-state index contributed by atoms with van der Waals surface area (Å²) in [6, 6.07) is 23.8. The minimum Gasteiger partial charge on any atom is -0.493 e. The molecule has 0 radical (unpaired) electrons. The maximum Gasteiger partial charge on any atom is 0.274 e. The summed E-state index contributed by atoms with van der Waals surface area (Å²) in [5.41, 5.74) is 6.22. The van der Waals surface area contributed by atoms with Gasteiger partial charge in [0.1, 0.15) is 11.4 Å². The largest absolute Gasteiger partial charge is 0.493 e. The molecule has 0 spiro atoms. The van der Waals surface area contributed by atoms with E-state index < -0.39 is 0 Å². The number of imidazole rings is 1. The first-order valence-electron chi connectivity index (χ1n) is 11.9. The van der Waals surface area contributed by atoms with Gasteiger partial charge in [0.05, 0.1) is 27.9 Å². The molecule has 3 aromatic carbocycles.